The topological polar surface area (TPSA) is 52.3 Å². The number of hydrogen-bond acceptors (Lipinski definition) is 3. The van der Waals surface area contributed by atoms with E-state index in [0.29, 0.717) is 12.1 Å². The van der Waals surface area contributed by atoms with Gasteiger partial charge in [-0.3, -0.25) is 4.79 Å². The van der Waals surface area contributed by atoms with E-state index >= 15 is 0 Å². The average molecular weight is 219 g/mol. The lowest BCUT2D eigenvalue weighted by Gasteiger charge is -2.11. The van der Waals surface area contributed by atoms with E-state index in [9.17, 15) is 18.0 Å². The molecule has 0 saturated carbocycles. The number of methoxy groups -OCH3 is 1. The molecule has 3 nitrogen and oxygen atoms in total. The first-order valence-corrected chi connectivity index (χ1v) is 3.95. The molecule has 1 aromatic carbocycles. The number of ether oxygens (including phenoxy) is 1. The number of hydrogen-bond donors (Lipinski definition) is 1. The molecule has 0 amide bonds. The first-order chi connectivity index (χ1) is 6.97. The Balaban J connectivity index is 3.19. The molecule has 0 heterocycles. The summed E-state index contributed by atoms with van der Waals surface area (Å²) in [6.07, 6.45) is 0. The van der Waals surface area contributed by atoms with Crippen molar-refractivity contribution in [1.82, 2.24) is 0 Å². The molecule has 1 atom stereocenters. The Bertz CT molecular complexity index is 372. The number of benzene rings is 1. The third-order valence-corrected chi connectivity index (χ3v) is 1.81. The maximum Gasteiger partial charge on any atom is 0.327 e. The van der Waals surface area contributed by atoms with Gasteiger partial charge in [0, 0.05) is 12.1 Å². The number of nitrogens with two attached hydrogens (primary N) is 1. The Labute approximate surface area is 83.6 Å². The Kier molecular flexibility index (Phi) is 3.31. The SMILES string of the molecule is COC(=O)C(N)c1c(F)cc(F)cc1F. The highest BCUT2D eigenvalue weighted by atomic mass is 19.1. The Morgan fingerprint density at radius 3 is 2.20 bits per heavy atom. The summed E-state index contributed by atoms with van der Waals surface area (Å²) in [5, 5.41) is 0. The lowest BCUT2D eigenvalue weighted by Crippen LogP contribution is -2.25. The molecular formula is C9H8F3NO2. The highest BCUT2D eigenvalue weighted by molar-refractivity contribution is 5.77. The van der Waals surface area contributed by atoms with E-state index in [0.717, 1.165) is 7.11 Å². The van der Waals surface area contributed by atoms with Crippen LogP contribution in [0.5, 0.6) is 0 Å². The fourth-order valence-corrected chi connectivity index (χ4v) is 1.10. The lowest BCUT2D eigenvalue weighted by atomic mass is 10.1. The monoisotopic (exact) mass is 219 g/mol. The van der Waals surface area contributed by atoms with Crippen molar-refractivity contribution < 1.29 is 22.7 Å². The minimum Gasteiger partial charge on any atom is -0.468 e. The molecule has 0 bridgehead atoms. The van der Waals surface area contributed by atoms with Crippen molar-refractivity contribution >= 4 is 5.97 Å². The molecule has 82 valence electrons. The molecule has 1 aromatic rings. The zero-order valence-corrected chi connectivity index (χ0v) is 7.76. The number of rotatable bonds is 2. The number of carbonyl (C=O) groups excluding carboxylic acids is 1. The molecular weight excluding hydrogens is 211 g/mol. The summed E-state index contributed by atoms with van der Waals surface area (Å²) in [6, 6.07) is -0.710. The van der Waals surface area contributed by atoms with Crippen molar-refractivity contribution in [2.24, 2.45) is 5.73 Å². The highest BCUT2D eigenvalue weighted by Crippen LogP contribution is 2.21. The van der Waals surface area contributed by atoms with Crippen LogP contribution in [0.25, 0.3) is 0 Å². The van der Waals surface area contributed by atoms with Crippen molar-refractivity contribution in [1.29, 1.82) is 0 Å². The molecule has 0 aliphatic carbocycles. The lowest BCUT2D eigenvalue weighted by molar-refractivity contribution is -0.142. The number of halogens is 3. The van der Waals surface area contributed by atoms with Crippen LogP contribution in [0.3, 0.4) is 0 Å². The molecule has 6 heteroatoms. The predicted molar refractivity (Wildman–Crippen MR) is 45.3 cm³/mol. The van der Waals surface area contributed by atoms with Crippen molar-refractivity contribution in [2.45, 2.75) is 6.04 Å². The molecule has 0 aliphatic rings. The zero-order chi connectivity index (χ0) is 11.6. The summed E-state index contributed by atoms with van der Waals surface area (Å²) < 4.78 is 42.9. The van der Waals surface area contributed by atoms with Gasteiger partial charge in [-0.2, -0.15) is 0 Å². The van der Waals surface area contributed by atoms with Crippen molar-refractivity contribution in [2.75, 3.05) is 7.11 Å². The summed E-state index contributed by atoms with van der Waals surface area (Å²) in [7, 11) is 1.03. The van der Waals surface area contributed by atoms with Crippen LogP contribution in [0.1, 0.15) is 11.6 Å². The fraction of sp³-hybridized carbons (Fsp3) is 0.222. The second-order valence-electron chi connectivity index (χ2n) is 2.78. The average Bonchev–Trinajstić information content (AvgIpc) is 2.14. The van der Waals surface area contributed by atoms with Crippen LogP contribution in [-0.2, 0) is 9.53 Å². The van der Waals surface area contributed by atoms with Crippen LogP contribution >= 0.6 is 0 Å². The summed E-state index contributed by atoms with van der Waals surface area (Å²) in [4.78, 5) is 10.9. The molecule has 0 fully saturated rings. The van der Waals surface area contributed by atoms with Gasteiger partial charge in [0.1, 0.15) is 23.5 Å². The van der Waals surface area contributed by atoms with Crippen molar-refractivity contribution in [3.63, 3.8) is 0 Å². The van der Waals surface area contributed by atoms with Crippen LogP contribution in [0.4, 0.5) is 13.2 Å². The maximum absolute atomic E-state index is 13.1. The predicted octanol–water partition coefficient (Wildman–Crippen LogP) is 1.28. The van der Waals surface area contributed by atoms with E-state index < -0.39 is 35.0 Å². The normalized spacial score (nSPS) is 12.3. The standard InChI is InChI=1S/C9H8F3NO2/c1-15-9(14)8(13)7-5(11)2-4(10)3-6(7)12/h2-3,8H,13H2,1H3. The Morgan fingerprint density at radius 1 is 1.33 bits per heavy atom. The van der Waals surface area contributed by atoms with Gasteiger partial charge >= 0.3 is 5.97 Å². The summed E-state index contributed by atoms with van der Waals surface area (Å²) >= 11 is 0. The third-order valence-electron chi connectivity index (χ3n) is 1.81. The fourth-order valence-electron chi connectivity index (χ4n) is 1.10. The van der Waals surface area contributed by atoms with E-state index in [2.05, 4.69) is 4.74 Å². The summed E-state index contributed by atoms with van der Waals surface area (Å²) in [6.45, 7) is 0. The quantitative estimate of drug-likeness (QED) is 0.762. The first-order valence-electron chi connectivity index (χ1n) is 3.95. The van der Waals surface area contributed by atoms with E-state index in [-0.39, 0.29) is 0 Å². The van der Waals surface area contributed by atoms with Gasteiger partial charge in [0.2, 0.25) is 0 Å². The smallest absolute Gasteiger partial charge is 0.327 e. The van der Waals surface area contributed by atoms with E-state index in [4.69, 9.17) is 5.73 Å². The van der Waals surface area contributed by atoms with Gasteiger partial charge in [-0.1, -0.05) is 0 Å². The zero-order valence-electron chi connectivity index (χ0n) is 7.76. The van der Waals surface area contributed by atoms with Crippen molar-refractivity contribution in [3.05, 3.63) is 35.1 Å². The number of esters is 1. The molecule has 0 aliphatic heterocycles. The van der Waals surface area contributed by atoms with Crippen LogP contribution < -0.4 is 5.73 Å². The second kappa shape index (κ2) is 4.31. The highest BCUT2D eigenvalue weighted by Gasteiger charge is 2.24. The molecule has 15 heavy (non-hydrogen) atoms. The van der Waals surface area contributed by atoms with Gasteiger partial charge in [-0.15, -0.1) is 0 Å². The molecule has 0 radical (unpaired) electrons. The van der Waals surface area contributed by atoms with Gasteiger partial charge in [-0.05, 0) is 0 Å². The second-order valence-corrected chi connectivity index (χ2v) is 2.78. The maximum atomic E-state index is 13.1. The van der Waals surface area contributed by atoms with E-state index in [1.165, 1.54) is 0 Å². The summed E-state index contributed by atoms with van der Waals surface area (Å²) in [5.74, 6) is -4.51. The number of carbonyl (C=O) groups is 1. The van der Waals surface area contributed by atoms with Gasteiger partial charge < -0.3 is 10.5 Å². The van der Waals surface area contributed by atoms with Crippen LogP contribution in [0.2, 0.25) is 0 Å². The minimum atomic E-state index is -1.60. The van der Waals surface area contributed by atoms with Gasteiger partial charge in [0.05, 0.1) is 12.7 Å². The van der Waals surface area contributed by atoms with Gasteiger partial charge in [-0.25, -0.2) is 13.2 Å². The van der Waals surface area contributed by atoms with Crippen LogP contribution in [0.15, 0.2) is 12.1 Å². The molecule has 0 aromatic heterocycles. The summed E-state index contributed by atoms with van der Waals surface area (Å²) in [5.41, 5.74) is 4.52. The minimum absolute atomic E-state index is 0.446. The molecule has 1 unspecified atom stereocenters. The largest absolute Gasteiger partial charge is 0.468 e. The molecule has 1 rings (SSSR count). The first kappa shape index (κ1) is 11.5. The van der Waals surface area contributed by atoms with E-state index in [1.54, 1.807) is 0 Å². The third kappa shape index (κ3) is 2.27. The van der Waals surface area contributed by atoms with Crippen LogP contribution in [0, 0.1) is 17.5 Å². The van der Waals surface area contributed by atoms with Gasteiger partial charge in [0.15, 0.2) is 0 Å². The van der Waals surface area contributed by atoms with Gasteiger partial charge in [0.25, 0.3) is 0 Å². The van der Waals surface area contributed by atoms with Crippen LogP contribution in [-0.4, -0.2) is 13.1 Å². The molecule has 2 N–H and O–H groups in total. The molecule has 0 spiro atoms. The van der Waals surface area contributed by atoms with E-state index in [1.807, 2.05) is 0 Å². The Hall–Kier alpha value is -1.56. The Morgan fingerprint density at radius 2 is 1.80 bits per heavy atom. The molecule has 0 saturated heterocycles. The van der Waals surface area contributed by atoms with Crippen molar-refractivity contribution in [3.8, 4) is 0 Å².